The zero-order valence-corrected chi connectivity index (χ0v) is 70.6. The molecule has 4 aliphatic heterocycles. The van der Waals surface area contributed by atoms with Gasteiger partial charge in [-0.2, -0.15) is 0 Å². The van der Waals surface area contributed by atoms with E-state index in [1.54, 1.807) is 25.7 Å². The first-order valence-electron chi connectivity index (χ1n) is 42.7. The Labute approximate surface area is 685 Å². The zero-order valence-electron chi connectivity index (χ0n) is 69.7. The maximum absolute atomic E-state index is 14.1. The molecule has 0 aliphatic carbocycles. The number of aliphatic hydroxyl groups excluding tert-OH is 10. The number of aliphatic hydroxyl groups is 10. The van der Waals surface area contributed by atoms with Gasteiger partial charge < -0.3 is 124 Å². The van der Waals surface area contributed by atoms with E-state index >= 15 is 0 Å². The number of hydrogen-bond donors (Lipinski definition) is 13. The molecule has 0 bridgehead atoms. The summed E-state index contributed by atoms with van der Waals surface area (Å²) in [7, 11) is -1.96. The number of likely N-dealkylation sites (tertiary alicyclic amines) is 1. The van der Waals surface area contributed by atoms with E-state index in [9.17, 15) is 94.0 Å². The molecule has 4 aliphatic rings. The molecular formula is C81H145N4O30P. The van der Waals surface area contributed by atoms with E-state index in [1.807, 2.05) is 0 Å². The van der Waals surface area contributed by atoms with Gasteiger partial charge in [-0.05, 0) is 89.9 Å². The number of β-amino-alcohol motifs (C(OH)–C–C–N with tert-alkyl or cyclic N) is 1. The lowest BCUT2D eigenvalue weighted by Crippen LogP contribution is -2.58. The van der Waals surface area contributed by atoms with Crippen LogP contribution in [-0.2, 0) is 94.6 Å². The molecular weight excluding hydrogens is 1540 g/mol. The molecule has 4 heterocycles. The predicted molar refractivity (Wildman–Crippen MR) is 423 cm³/mol. The zero-order chi connectivity index (χ0) is 85.3. The number of carbonyl (C=O) groups is 8. The summed E-state index contributed by atoms with van der Waals surface area (Å²) in [4.78, 5) is 106. The topological polar surface area (TPSA) is 497 Å². The summed E-state index contributed by atoms with van der Waals surface area (Å²) < 4.78 is 75.3. The van der Waals surface area contributed by atoms with Gasteiger partial charge in [0.2, 0.25) is 23.6 Å². The summed E-state index contributed by atoms with van der Waals surface area (Å²) >= 11 is 0. The monoisotopic (exact) mass is 1680 g/mol. The van der Waals surface area contributed by atoms with Gasteiger partial charge in [-0.25, -0.2) is 0 Å². The third-order valence-electron chi connectivity index (χ3n) is 21.9. The Balaban J connectivity index is 1.28. The van der Waals surface area contributed by atoms with Crippen LogP contribution in [0.15, 0.2) is 0 Å². The quantitative estimate of drug-likeness (QED) is 0.0302. The first-order chi connectivity index (χ1) is 55.6. The number of rotatable bonds is 68. The lowest BCUT2D eigenvalue weighted by Gasteiger charge is -2.40. The van der Waals surface area contributed by atoms with Crippen molar-refractivity contribution < 1.29 is 146 Å². The Morgan fingerprint density at radius 1 is 0.414 bits per heavy atom. The van der Waals surface area contributed by atoms with Crippen molar-refractivity contribution in [3.63, 3.8) is 0 Å². The fourth-order valence-electron chi connectivity index (χ4n) is 14.3. The molecule has 0 radical (unpaired) electrons. The molecule has 34 nitrogen and oxygen atoms in total. The summed E-state index contributed by atoms with van der Waals surface area (Å²) in [5, 5.41) is 109. The van der Waals surface area contributed by atoms with E-state index in [0.717, 1.165) is 38.5 Å². The minimum Gasteiger partial charge on any atom is -0.394 e. The van der Waals surface area contributed by atoms with Crippen molar-refractivity contribution in [2.45, 2.75) is 331 Å². The smallest absolute Gasteiger partial charge is 0.327 e. The van der Waals surface area contributed by atoms with E-state index < -0.39 is 137 Å². The second-order valence-electron chi connectivity index (χ2n) is 31.9. The predicted octanol–water partition coefficient (Wildman–Crippen LogP) is 4.00. The largest absolute Gasteiger partial charge is 0.394 e. The Bertz CT molecular complexity index is 2600. The highest BCUT2D eigenvalue weighted by atomic mass is 31.2. The highest BCUT2D eigenvalue weighted by molar-refractivity contribution is 7.52. The summed E-state index contributed by atoms with van der Waals surface area (Å²) in [5.41, 5.74) is -1.35. The van der Waals surface area contributed by atoms with Gasteiger partial charge in [0.25, 0.3) is 0 Å². The molecule has 116 heavy (non-hydrogen) atoms. The van der Waals surface area contributed by atoms with Crippen molar-refractivity contribution in [3.05, 3.63) is 0 Å². The second-order valence-corrected chi connectivity index (χ2v) is 34.1. The maximum atomic E-state index is 14.1. The Kier molecular flexibility index (Phi) is 53.6. The standard InChI is InChI=1S/C81H145N4O30P/c1-56-72(98)75(101)65(49-86)113-78(56)109-41-23-20-31-60(89)27-14-12-16-29-62(91)36-44-106-53-81(84-70(96)34-18-10-8-6-7-9-11-19-35-71(97)85-48-64(93)47-59(85)52-112-116(5,104)105-4,54-107-45-37-63(92)30-17-13-15-28-61(90)32-21-24-42-110-79-57(2)73(99)76(102)66(50-87)114-79)55-108-46-38-69(95)83-40-26-39-82-68(94)33-22-25-43-111-80-58(3)74(100)77(103)67(51-88)115-80/h56-59,64-67,72-80,86-88,93,98-103H,6-55H2,1-5H3,(H,82,94)(H,83,95)(H,84,96)/t56?,57?,58?,59-,64+,65?,66?,67?,72?,73?,74?,75?,76?,77?,78?,79?,80?,81?,116?/m0/s1. The minimum atomic E-state index is -3.26. The SMILES string of the molecule is COP(C)(=O)OC[C@@H]1C[C@@H](O)CN1C(=O)CCCCCCCCCCC(=O)NC(COCCC(=O)CCCCCC(=O)CCCCOC1OC(CO)C(O)C(O)C1C)(COCCC(=O)CCCCCC(=O)CCCCOC1OC(CO)C(O)C(O)C1C)COCCC(=O)NCCCNC(=O)CCCCOC1OC(CO)C(O)C(O)C1C. The highest BCUT2D eigenvalue weighted by Gasteiger charge is 2.45. The average Bonchev–Trinajstić information content (AvgIpc) is 1.41. The number of carbonyl (C=O) groups excluding carboxylic acids is 8. The molecule has 16 unspecified atom stereocenters. The summed E-state index contributed by atoms with van der Waals surface area (Å²) in [5.74, 6) is -2.43. The van der Waals surface area contributed by atoms with Gasteiger partial charge >= 0.3 is 7.60 Å². The van der Waals surface area contributed by atoms with Gasteiger partial charge in [-0.1, -0.05) is 72.1 Å². The second kappa shape index (κ2) is 59.7. The lowest BCUT2D eigenvalue weighted by atomic mass is 9.92. The van der Waals surface area contributed by atoms with Crippen LogP contribution in [-0.4, -0.2) is 314 Å². The van der Waals surface area contributed by atoms with Crippen LogP contribution >= 0.6 is 7.60 Å². The molecule has 18 atom stereocenters. The molecule has 0 spiro atoms. The third-order valence-corrected chi connectivity index (χ3v) is 23.2. The van der Waals surface area contributed by atoms with Crippen LogP contribution in [0.5, 0.6) is 0 Å². The Morgan fingerprint density at radius 2 is 0.741 bits per heavy atom. The van der Waals surface area contributed by atoms with Gasteiger partial charge in [-0.3, -0.25) is 42.9 Å². The number of hydrogen-bond acceptors (Lipinski definition) is 30. The number of ether oxygens (including phenoxy) is 9. The molecule has 674 valence electrons. The summed E-state index contributed by atoms with van der Waals surface area (Å²) in [6.45, 7) is 5.90. The van der Waals surface area contributed by atoms with Crippen molar-refractivity contribution >= 4 is 54.4 Å². The fraction of sp³-hybridized carbons (Fsp3) is 0.901. The van der Waals surface area contributed by atoms with Crippen LogP contribution in [0.25, 0.3) is 0 Å². The summed E-state index contributed by atoms with van der Waals surface area (Å²) in [6, 6.07) is -0.391. The number of ketones is 4. The molecule has 4 fully saturated rings. The fourth-order valence-corrected chi connectivity index (χ4v) is 14.8. The van der Waals surface area contributed by atoms with Crippen LogP contribution in [0, 0.1) is 17.8 Å². The van der Waals surface area contributed by atoms with Gasteiger partial charge in [0.1, 0.15) is 65.3 Å². The van der Waals surface area contributed by atoms with Crippen LogP contribution in [0.1, 0.15) is 239 Å². The van der Waals surface area contributed by atoms with Crippen LogP contribution in [0.3, 0.4) is 0 Å². The summed E-state index contributed by atoms with van der Waals surface area (Å²) in [6.07, 6.45) is 3.70. The van der Waals surface area contributed by atoms with Gasteiger partial charge in [0.05, 0.1) is 96.5 Å². The molecule has 4 saturated heterocycles. The van der Waals surface area contributed by atoms with E-state index in [-0.39, 0.29) is 171 Å². The van der Waals surface area contributed by atoms with Crippen LogP contribution in [0.4, 0.5) is 0 Å². The van der Waals surface area contributed by atoms with Crippen molar-refractivity contribution in [2.24, 2.45) is 17.8 Å². The van der Waals surface area contributed by atoms with Gasteiger partial charge in [0, 0.05) is 148 Å². The first-order valence-corrected chi connectivity index (χ1v) is 44.7. The molecule has 13 N–H and O–H groups in total. The van der Waals surface area contributed by atoms with Crippen molar-refractivity contribution in [3.8, 4) is 0 Å². The molecule has 0 aromatic heterocycles. The molecule has 4 rings (SSSR count). The molecule has 0 saturated carbocycles. The van der Waals surface area contributed by atoms with Crippen molar-refractivity contribution in [2.75, 3.05) is 119 Å². The number of Topliss-reactive ketones (excluding diaryl/α,β-unsaturated/α-hetero) is 4. The minimum absolute atomic E-state index is 0.00749. The van der Waals surface area contributed by atoms with E-state index in [1.165, 1.54) is 13.8 Å². The van der Waals surface area contributed by atoms with Crippen LogP contribution < -0.4 is 16.0 Å². The molecule has 35 heteroatoms. The Morgan fingerprint density at radius 3 is 1.14 bits per heavy atom. The van der Waals surface area contributed by atoms with E-state index in [4.69, 9.17) is 51.7 Å². The number of nitrogens with zero attached hydrogens (tertiary/aromatic N) is 1. The number of nitrogens with one attached hydrogen (secondary N) is 3. The number of unbranched alkanes of at least 4 members (excludes halogenated alkanes) is 14. The lowest BCUT2D eigenvalue weighted by molar-refractivity contribution is -0.282. The van der Waals surface area contributed by atoms with E-state index in [0.29, 0.717) is 141 Å². The molecule has 0 aromatic carbocycles. The average molecular weight is 1690 g/mol. The molecule has 0 aromatic rings. The maximum Gasteiger partial charge on any atom is 0.327 e. The van der Waals surface area contributed by atoms with Crippen molar-refractivity contribution in [1.29, 1.82) is 0 Å². The number of amides is 4. The first kappa shape index (κ1) is 104. The van der Waals surface area contributed by atoms with Crippen LogP contribution in [0.2, 0.25) is 0 Å². The van der Waals surface area contributed by atoms with Gasteiger partial charge in [-0.15, -0.1) is 0 Å². The normalized spacial score (nSPS) is 26.6. The Hall–Kier alpha value is -4.05. The van der Waals surface area contributed by atoms with Gasteiger partial charge in [0.15, 0.2) is 18.9 Å². The molecule has 4 amide bonds. The van der Waals surface area contributed by atoms with E-state index in [2.05, 4.69) is 16.0 Å². The highest BCUT2D eigenvalue weighted by Crippen LogP contribution is 2.43. The third kappa shape index (κ3) is 41.7. The van der Waals surface area contributed by atoms with Crippen molar-refractivity contribution in [1.82, 2.24) is 20.9 Å².